The minimum Gasteiger partial charge on any atom is -0.386 e. The number of nitrogens with zero attached hydrogens (tertiary/aromatic N) is 3. The molecule has 0 saturated heterocycles. The second kappa shape index (κ2) is 5.51. The van der Waals surface area contributed by atoms with Crippen LogP contribution in [0.4, 0.5) is 5.69 Å². The molecule has 1 aliphatic rings. The van der Waals surface area contributed by atoms with Crippen LogP contribution in [-0.2, 0) is 0 Å². The first kappa shape index (κ1) is 12.9. The molecule has 1 heterocycles. The quantitative estimate of drug-likeness (QED) is 0.915. The summed E-state index contributed by atoms with van der Waals surface area (Å²) in [6.45, 7) is 0.551. The zero-order valence-electron chi connectivity index (χ0n) is 11.4. The maximum atomic E-state index is 8.89. The van der Waals surface area contributed by atoms with Gasteiger partial charge in [-0.2, -0.15) is 5.26 Å². The fraction of sp³-hybridized carbons (Fsp3) is 0.0588. The highest BCUT2D eigenvalue weighted by atomic mass is 15.2. The van der Waals surface area contributed by atoms with Crippen molar-refractivity contribution < 1.29 is 0 Å². The number of para-hydroxylation sites is 1. The van der Waals surface area contributed by atoms with Gasteiger partial charge in [-0.3, -0.25) is 0 Å². The zero-order valence-corrected chi connectivity index (χ0v) is 11.4. The molecule has 2 aromatic carbocycles. The number of rotatable bonds is 2. The van der Waals surface area contributed by atoms with Crippen molar-refractivity contribution in [3.8, 4) is 6.07 Å². The topological polar surface area (TPSA) is 65.4 Å². The molecular weight excluding hydrogens is 260 g/mol. The van der Waals surface area contributed by atoms with Crippen molar-refractivity contribution in [3.05, 3.63) is 71.9 Å². The van der Waals surface area contributed by atoms with E-state index < -0.39 is 0 Å². The Morgan fingerprint density at radius 3 is 2.43 bits per heavy atom. The summed E-state index contributed by atoms with van der Waals surface area (Å²) < 4.78 is 0. The largest absolute Gasteiger partial charge is 0.386 e. The van der Waals surface area contributed by atoms with Gasteiger partial charge in [0.15, 0.2) is 0 Å². The molecule has 0 atom stereocenters. The second-order valence-electron chi connectivity index (χ2n) is 4.75. The number of benzene rings is 2. The summed E-state index contributed by atoms with van der Waals surface area (Å²) in [4.78, 5) is 6.35. The van der Waals surface area contributed by atoms with Gasteiger partial charge in [0.1, 0.15) is 5.84 Å². The maximum Gasteiger partial charge on any atom is 0.119 e. The number of anilines is 1. The lowest BCUT2D eigenvalue weighted by atomic mass is 10.1. The molecule has 0 saturated carbocycles. The Morgan fingerprint density at radius 1 is 1.05 bits per heavy atom. The van der Waals surface area contributed by atoms with Gasteiger partial charge in [0.2, 0.25) is 0 Å². The molecule has 102 valence electrons. The highest BCUT2D eigenvalue weighted by Crippen LogP contribution is 2.28. The smallest absolute Gasteiger partial charge is 0.119 e. The fourth-order valence-electron chi connectivity index (χ4n) is 2.29. The van der Waals surface area contributed by atoms with E-state index in [-0.39, 0.29) is 0 Å². The van der Waals surface area contributed by atoms with E-state index in [0.717, 1.165) is 16.9 Å². The third kappa shape index (κ3) is 2.63. The van der Waals surface area contributed by atoms with Crippen LogP contribution in [0.25, 0.3) is 5.70 Å². The number of hydrogen-bond acceptors (Lipinski definition) is 4. The second-order valence-corrected chi connectivity index (χ2v) is 4.75. The van der Waals surface area contributed by atoms with Crippen LogP contribution in [-0.4, -0.2) is 12.4 Å². The van der Waals surface area contributed by atoms with Crippen molar-refractivity contribution in [1.29, 1.82) is 5.26 Å². The zero-order chi connectivity index (χ0) is 14.7. The van der Waals surface area contributed by atoms with Crippen molar-refractivity contribution in [2.45, 2.75) is 0 Å². The summed E-state index contributed by atoms with van der Waals surface area (Å²) in [6, 6.07) is 19.6. The van der Waals surface area contributed by atoms with E-state index in [9.17, 15) is 0 Å². The number of amidine groups is 1. The van der Waals surface area contributed by atoms with Crippen molar-refractivity contribution in [3.63, 3.8) is 0 Å². The van der Waals surface area contributed by atoms with Gasteiger partial charge in [0.05, 0.1) is 30.1 Å². The highest BCUT2D eigenvalue weighted by molar-refractivity contribution is 5.95. The van der Waals surface area contributed by atoms with Gasteiger partial charge in [-0.05, 0) is 29.8 Å². The predicted molar refractivity (Wildman–Crippen MR) is 84.5 cm³/mol. The van der Waals surface area contributed by atoms with Crippen LogP contribution in [0.1, 0.15) is 11.1 Å². The van der Waals surface area contributed by atoms with E-state index >= 15 is 0 Å². The lowest BCUT2D eigenvalue weighted by Gasteiger charge is -2.29. The third-order valence-electron chi connectivity index (χ3n) is 3.34. The molecule has 2 aromatic rings. The molecule has 0 radical (unpaired) electrons. The molecule has 0 bridgehead atoms. The van der Waals surface area contributed by atoms with E-state index in [0.29, 0.717) is 17.9 Å². The molecule has 0 aliphatic carbocycles. The highest BCUT2D eigenvalue weighted by Gasteiger charge is 2.18. The average molecular weight is 274 g/mol. The molecule has 0 unspecified atom stereocenters. The van der Waals surface area contributed by atoms with Crippen LogP contribution in [0.3, 0.4) is 0 Å². The Bertz CT molecular complexity index is 737. The Kier molecular flexibility index (Phi) is 3.40. The molecule has 0 aromatic heterocycles. The van der Waals surface area contributed by atoms with Crippen molar-refractivity contribution in [2.24, 2.45) is 10.7 Å². The summed E-state index contributed by atoms with van der Waals surface area (Å²) in [6.07, 6.45) is 1.77. The molecule has 4 heteroatoms. The molecule has 1 aliphatic heterocycles. The molecule has 0 amide bonds. The van der Waals surface area contributed by atoms with E-state index in [1.807, 2.05) is 42.5 Å². The summed E-state index contributed by atoms with van der Waals surface area (Å²) in [5, 5.41) is 8.89. The molecule has 2 N–H and O–H groups in total. The maximum absolute atomic E-state index is 8.89. The Hall–Kier alpha value is -3.06. The molecule has 3 rings (SSSR count). The lowest BCUT2D eigenvalue weighted by Crippen LogP contribution is -2.35. The minimum absolute atomic E-state index is 0.551. The van der Waals surface area contributed by atoms with Gasteiger partial charge in [0, 0.05) is 5.69 Å². The summed E-state index contributed by atoms with van der Waals surface area (Å²) >= 11 is 0. The van der Waals surface area contributed by atoms with Gasteiger partial charge in [-0.15, -0.1) is 0 Å². The first-order valence-electron chi connectivity index (χ1n) is 6.63. The Balaban J connectivity index is 2.02. The number of hydrogen-bond donors (Lipinski definition) is 1. The van der Waals surface area contributed by atoms with Gasteiger partial charge in [-0.25, -0.2) is 4.99 Å². The van der Waals surface area contributed by atoms with Gasteiger partial charge in [0.25, 0.3) is 0 Å². The van der Waals surface area contributed by atoms with E-state index in [1.165, 1.54) is 0 Å². The standard InChI is InChI=1S/C17H14N4/c18-10-13-6-8-14(9-7-13)16-11-20-17(19)12-21(16)15-4-2-1-3-5-15/h1-9,11H,12H2,(H2,19,20). The molecule has 4 nitrogen and oxygen atoms in total. The van der Waals surface area contributed by atoms with E-state index in [2.05, 4.69) is 16.0 Å². The molecule has 0 fully saturated rings. The van der Waals surface area contributed by atoms with Crippen molar-refractivity contribution in [1.82, 2.24) is 0 Å². The third-order valence-corrected chi connectivity index (χ3v) is 3.34. The Morgan fingerprint density at radius 2 is 1.76 bits per heavy atom. The van der Waals surface area contributed by atoms with Gasteiger partial charge < -0.3 is 10.6 Å². The first-order valence-corrected chi connectivity index (χ1v) is 6.63. The average Bonchev–Trinajstić information content (AvgIpc) is 2.56. The van der Waals surface area contributed by atoms with Crippen LogP contribution in [0.2, 0.25) is 0 Å². The summed E-state index contributed by atoms with van der Waals surface area (Å²) in [5.74, 6) is 0.580. The van der Waals surface area contributed by atoms with Crippen molar-refractivity contribution in [2.75, 3.05) is 11.4 Å². The lowest BCUT2D eigenvalue weighted by molar-refractivity contribution is 1.09. The molecular formula is C17H14N4. The number of nitriles is 1. The van der Waals surface area contributed by atoms with Crippen LogP contribution >= 0.6 is 0 Å². The van der Waals surface area contributed by atoms with Crippen LogP contribution in [0.5, 0.6) is 0 Å². The monoisotopic (exact) mass is 274 g/mol. The van der Waals surface area contributed by atoms with E-state index in [4.69, 9.17) is 11.0 Å². The fourth-order valence-corrected chi connectivity index (χ4v) is 2.29. The minimum atomic E-state index is 0.551. The van der Waals surface area contributed by atoms with Crippen LogP contribution < -0.4 is 10.6 Å². The normalized spacial score (nSPS) is 14.1. The number of nitrogens with two attached hydrogens (primary N) is 1. The number of aliphatic imine (C=N–C) groups is 1. The summed E-state index contributed by atoms with van der Waals surface area (Å²) in [7, 11) is 0. The van der Waals surface area contributed by atoms with E-state index in [1.54, 1.807) is 18.3 Å². The summed E-state index contributed by atoms with van der Waals surface area (Å²) in [5.41, 5.74) is 9.55. The van der Waals surface area contributed by atoms with Crippen LogP contribution in [0, 0.1) is 11.3 Å². The van der Waals surface area contributed by atoms with Crippen molar-refractivity contribution >= 4 is 17.2 Å². The Labute approximate surface area is 123 Å². The van der Waals surface area contributed by atoms with Gasteiger partial charge >= 0.3 is 0 Å². The first-order chi connectivity index (χ1) is 10.3. The SMILES string of the molecule is N#Cc1ccc(C2=CN=C(N)CN2c2ccccc2)cc1. The molecule has 0 spiro atoms. The predicted octanol–water partition coefficient (Wildman–Crippen LogP) is 2.73. The molecule has 21 heavy (non-hydrogen) atoms. The van der Waals surface area contributed by atoms with Crippen LogP contribution in [0.15, 0.2) is 65.8 Å². The van der Waals surface area contributed by atoms with Gasteiger partial charge in [-0.1, -0.05) is 30.3 Å².